The maximum Gasteiger partial charge on any atom is 0.198 e. The molecule has 0 radical (unpaired) electrons. The Kier molecular flexibility index (Phi) is 4.60. The number of aromatic hydroxyl groups is 1. The van der Waals surface area contributed by atoms with E-state index in [0.717, 1.165) is 38.0 Å². The van der Waals surface area contributed by atoms with Crippen LogP contribution < -0.4 is 5.32 Å². The lowest BCUT2D eigenvalue weighted by molar-refractivity contribution is 0.0678. The molecule has 1 aromatic rings. The van der Waals surface area contributed by atoms with Gasteiger partial charge in [0.05, 0.1) is 19.3 Å². The number of phenolic OH excluding ortho intramolecular Hbond substituents is 1. The van der Waals surface area contributed by atoms with Crippen LogP contribution in [0.4, 0.5) is 5.69 Å². The first-order valence-corrected chi connectivity index (χ1v) is 7.78. The first kappa shape index (κ1) is 14.2. The molecule has 0 unspecified atom stereocenters. The molecule has 5 heteroatoms. The van der Waals surface area contributed by atoms with Crippen molar-refractivity contribution in [3.8, 4) is 5.75 Å². The lowest BCUT2D eigenvalue weighted by Gasteiger charge is -2.31. The molecule has 1 aliphatic carbocycles. The maximum absolute atomic E-state index is 9.61. The van der Waals surface area contributed by atoms with Crippen LogP contribution in [0.2, 0.25) is 0 Å². The molecule has 0 aromatic heterocycles. The Hall–Kier alpha value is -1.75. The smallest absolute Gasteiger partial charge is 0.198 e. The standard InChI is InChI=1S/C16H23N3O2/c20-15-7-3-6-14(12-15)18-16(17-13-4-1-2-5-13)19-8-10-21-11-9-19/h3,6-7,12-13,20H,1-2,4-5,8-11H2,(H,17,18). The van der Waals surface area contributed by atoms with Gasteiger partial charge in [-0.05, 0) is 25.0 Å². The van der Waals surface area contributed by atoms with Gasteiger partial charge in [-0.25, -0.2) is 4.99 Å². The molecular formula is C16H23N3O2. The topological polar surface area (TPSA) is 57.1 Å². The van der Waals surface area contributed by atoms with Crippen LogP contribution in [0.3, 0.4) is 0 Å². The molecule has 114 valence electrons. The van der Waals surface area contributed by atoms with Crippen LogP contribution >= 0.6 is 0 Å². The van der Waals surface area contributed by atoms with E-state index in [0.29, 0.717) is 6.04 Å². The minimum Gasteiger partial charge on any atom is -0.508 e. The number of nitrogens with one attached hydrogen (secondary N) is 1. The summed E-state index contributed by atoms with van der Waals surface area (Å²) in [4.78, 5) is 7.16. The predicted octanol–water partition coefficient (Wildman–Crippen LogP) is 2.43. The molecule has 21 heavy (non-hydrogen) atoms. The normalized spacial score (nSPS) is 20.8. The van der Waals surface area contributed by atoms with Crippen LogP contribution in [-0.4, -0.2) is 48.3 Å². The molecule has 2 aliphatic rings. The second-order valence-corrected chi connectivity index (χ2v) is 5.67. The van der Waals surface area contributed by atoms with E-state index < -0.39 is 0 Å². The molecule has 2 N–H and O–H groups in total. The number of benzene rings is 1. The van der Waals surface area contributed by atoms with Crippen molar-refractivity contribution in [3.63, 3.8) is 0 Å². The Balaban J connectivity index is 1.77. The summed E-state index contributed by atoms with van der Waals surface area (Å²) >= 11 is 0. The summed E-state index contributed by atoms with van der Waals surface area (Å²) in [7, 11) is 0. The lowest BCUT2D eigenvalue weighted by atomic mass is 10.2. The van der Waals surface area contributed by atoms with Gasteiger partial charge in [-0.1, -0.05) is 18.9 Å². The Bertz CT molecular complexity index is 492. The summed E-state index contributed by atoms with van der Waals surface area (Å²) in [5.41, 5.74) is 0.873. The molecule has 5 nitrogen and oxygen atoms in total. The van der Waals surface area contributed by atoms with Crippen molar-refractivity contribution in [2.24, 2.45) is 4.99 Å². The summed E-state index contributed by atoms with van der Waals surface area (Å²) < 4.78 is 5.42. The number of aliphatic imine (C=N–C) groups is 1. The summed E-state index contributed by atoms with van der Waals surface area (Å²) in [6.45, 7) is 3.20. The fourth-order valence-electron chi connectivity index (χ4n) is 2.89. The molecule has 1 aliphatic heterocycles. The number of nitrogens with zero attached hydrogens (tertiary/aromatic N) is 2. The Morgan fingerprint density at radius 2 is 2.00 bits per heavy atom. The van der Waals surface area contributed by atoms with Gasteiger partial charge in [0.2, 0.25) is 0 Å². The van der Waals surface area contributed by atoms with E-state index >= 15 is 0 Å². The zero-order valence-corrected chi connectivity index (χ0v) is 12.3. The monoisotopic (exact) mass is 289 g/mol. The largest absolute Gasteiger partial charge is 0.508 e. The van der Waals surface area contributed by atoms with Crippen molar-refractivity contribution in [1.82, 2.24) is 4.90 Å². The van der Waals surface area contributed by atoms with Crippen LogP contribution in [0, 0.1) is 0 Å². The van der Waals surface area contributed by atoms with Gasteiger partial charge in [0.1, 0.15) is 5.75 Å². The van der Waals surface area contributed by atoms with Gasteiger partial charge in [0.15, 0.2) is 5.96 Å². The molecule has 0 amide bonds. The number of ether oxygens (including phenoxy) is 1. The van der Waals surface area contributed by atoms with Crippen molar-refractivity contribution in [3.05, 3.63) is 24.3 Å². The maximum atomic E-state index is 9.61. The first-order chi connectivity index (χ1) is 10.3. The number of hydrogen-bond acceptors (Lipinski definition) is 3. The van der Waals surface area contributed by atoms with Crippen LogP contribution in [0.1, 0.15) is 25.7 Å². The third kappa shape index (κ3) is 3.88. The van der Waals surface area contributed by atoms with Gasteiger partial charge in [0, 0.05) is 24.8 Å². The first-order valence-electron chi connectivity index (χ1n) is 7.78. The van der Waals surface area contributed by atoms with Gasteiger partial charge < -0.3 is 20.1 Å². The van der Waals surface area contributed by atoms with Crippen LogP contribution in [0.5, 0.6) is 5.75 Å². The molecule has 1 saturated heterocycles. The number of phenols is 1. The molecule has 0 bridgehead atoms. The molecule has 1 heterocycles. The molecule has 3 rings (SSSR count). The number of morpholine rings is 1. The highest BCUT2D eigenvalue weighted by Crippen LogP contribution is 2.22. The minimum absolute atomic E-state index is 0.266. The third-order valence-corrected chi connectivity index (χ3v) is 4.04. The van der Waals surface area contributed by atoms with Crippen LogP contribution in [-0.2, 0) is 4.74 Å². The molecule has 1 saturated carbocycles. The Morgan fingerprint density at radius 3 is 2.71 bits per heavy atom. The number of guanidine groups is 1. The number of rotatable bonds is 2. The number of hydrogen-bond donors (Lipinski definition) is 2. The average Bonchev–Trinajstić information content (AvgIpc) is 3.01. The van der Waals surface area contributed by atoms with E-state index in [-0.39, 0.29) is 5.75 Å². The van der Waals surface area contributed by atoms with Gasteiger partial charge in [-0.2, -0.15) is 0 Å². The second kappa shape index (κ2) is 6.80. The van der Waals surface area contributed by atoms with Crippen molar-refractivity contribution in [1.29, 1.82) is 0 Å². The quantitative estimate of drug-likeness (QED) is 0.648. The molecule has 0 spiro atoms. The highest BCUT2D eigenvalue weighted by atomic mass is 16.5. The molecule has 1 aromatic carbocycles. The lowest BCUT2D eigenvalue weighted by Crippen LogP contribution is -2.44. The van der Waals surface area contributed by atoms with E-state index in [1.807, 2.05) is 12.1 Å². The fraction of sp³-hybridized carbons (Fsp3) is 0.562. The summed E-state index contributed by atoms with van der Waals surface area (Å²) in [5, 5.41) is 13.0. The van der Waals surface area contributed by atoms with E-state index in [2.05, 4.69) is 10.2 Å². The van der Waals surface area contributed by atoms with Crippen molar-refractivity contribution < 1.29 is 9.84 Å². The SMILES string of the molecule is Oc1cccc(NC(=NC2CCCC2)N2CCOCC2)c1. The number of anilines is 1. The van der Waals surface area contributed by atoms with Crippen LogP contribution in [0.25, 0.3) is 0 Å². The predicted molar refractivity (Wildman–Crippen MR) is 83.8 cm³/mol. The van der Waals surface area contributed by atoms with E-state index in [1.54, 1.807) is 12.1 Å². The summed E-state index contributed by atoms with van der Waals surface area (Å²) in [6.07, 6.45) is 4.90. The average molecular weight is 289 g/mol. The molecular weight excluding hydrogens is 266 g/mol. The van der Waals surface area contributed by atoms with E-state index in [4.69, 9.17) is 9.73 Å². The molecule has 2 fully saturated rings. The zero-order valence-electron chi connectivity index (χ0n) is 12.3. The van der Waals surface area contributed by atoms with Crippen molar-refractivity contribution in [2.75, 3.05) is 31.6 Å². The Morgan fingerprint density at radius 1 is 1.24 bits per heavy atom. The molecule has 0 atom stereocenters. The van der Waals surface area contributed by atoms with Gasteiger partial charge >= 0.3 is 0 Å². The van der Waals surface area contributed by atoms with Gasteiger partial charge in [0.25, 0.3) is 0 Å². The minimum atomic E-state index is 0.266. The van der Waals surface area contributed by atoms with E-state index in [1.165, 1.54) is 25.7 Å². The van der Waals surface area contributed by atoms with Crippen molar-refractivity contribution in [2.45, 2.75) is 31.7 Å². The van der Waals surface area contributed by atoms with Crippen molar-refractivity contribution >= 4 is 11.6 Å². The zero-order chi connectivity index (χ0) is 14.5. The van der Waals surface area contributed by atoms with Gasteiger partial charge in [-0.15, -0.1) is 0 Å². The highest BCUT2D eigenvalue weighted by molar-refractivity contribution is 5.94. The summed E-state index contributed by atoms with van der Waals surface area (Å²) in [5.74, 6) is 1.18. The summed E-state index contributed by atoms with van der Waals surface area (Å²) in [6, 6.07) is 7.61. The van der Waals surface area contributed by atoms with Gasteiger partial charge in [-0.3, -0.25) is 0 Å². The fourth-order valence-corrected chi connectivity index (χ4v) is 2.89. The van der Waals surface area contributed by atoms with Crippen LogP contribution in [0.15, 0.2) is 29.3 Å². The third-order valence-electron chi connectivity index (χ3n) is 4.04. The highest BCUT2D eigenvalue weighted by Gasteiger charge is 2.20. The second-order valence-electron chi connectivity index (χ2n) is 5.67. The van der Waals surface area contributed by atoms with E-state index in [9.17, 15) is 5.11 Å². The Labute approximate surface area is 125 Å².